The van der Waals surface area contributed by atoms with Crippen LogP contribution in [0.25, 0.3) is 0 Å². The number of rotatable bonds is 2. The summed E-state index contributed by atoms with van der Waals surface area (Å²) in [5.74, 6) is -0.0753. The molecular weight excluding hydrogens is 172 g/mol. The van der Waals surface area contributed by atoms with E-state index in [-0.39, 0.29) is 5.91 Å². The molecule has 0 saturated carbocycles. The summed E-state index contributed by atoms with van der Waals surface area (Å²) in [5, 5.41) is 3.59. The van der Waals surface area contributed by atoms with Crippen molar-refractivity contribution in [1.29, 1.82) is 0 Å². The van der Waals surface area contributed by atoms with Crippen molar-refractivity contribution < 1.29 is 4.79 Å². The molecule has 0 bridgehead atoms. The maximum Gasteiger partial charge on any atom is 0.221 e. The van der Waals surface area contributed by atoms with Crippen LogP contribution in [0.1, 0.15) is 6.92 Å². The largest absolute Gasteiger partial charge is 0.325 e. The van der Waals surface area contributed by atoms with Crippen LogP contribution in [0.3, 0.4) is 0 Å². The van der Waals surface area contributed by atoms with E-state index in [4.69, 9.17) is 0 Å². The van der Waals surface area contributed by atoms with E-state index in [1.807, 2.05) is 18.4 Å². The number of thioether (sulfide) groups is 1. The van der Waals surface area contributed by atoms with Gasteiger partial charge in [-0.25, -0.2) is 4.98 Å². The molecule has 0 spiro atoms. The number of carbonyl (C=O) groups is 1. The number of amides is 1. The Morgan fingerprint density at radius 2 is 2.33 bits per heavy atom. The van der Waals surface area contributed by atoms with Gasteiger partial charge in [-0.15, -0.1) is 11.8 Å². The van der Waals surface area contributed by atoms with E-state index in [2.05, 4.69) is 10.3 Å². The molecule has 0 atom stereocenters. The van der Waals surface area contributed by atoms with E-state index in [1.54, 1.807) is 18.0 Å². The summed E-state index contributed by atoms with van der Waals surface area (Å²) in [7, 11) is 0. The fraction of sp³-hybridized carbons (Fsp3) is 0.250. The summed E-state index contributed by atoms with van der Waals surface area (Å²) in [5.41, 5.74) is 0.736. The second kappa shape index (κ2) is 4.11. The molecular formula is C8H10N2OS. The molecule has 0 aliphatic rings. The summed E-state index contributed by atoms with van der Waals surface area (Å²) in [6.45, 7) is 1.47. The van der Waals surface area contributed by atoms with Crippen molar-refractivity contribution in [2.45, 2.75) is 11.9 Å². The SMILES string of the molecule is CSc1ccc(NC(C)=O)cn1. The molecule has 1 aromatic rings. The maximum atomic E-state index is 10.6. The molecule has 0 radical (unpaired) electrons. The van der Waals surface area contributed by atoms with E-state index in [9.17, 15) is 4.79 Å². The number of nitrogens with one attached hydrogen (secondary N) is 1. The topological polar surface area (TPSA) is 42.0 Å². The fourth-order valence-electron chi connectivity index (χ4n) is 0.778. The van der Waals surface area contributed by atoms with E-state index >= 15 is 0 Å². The zero-order chi connectivity index (χ0) is 8.97. The Morgan fingerprint density at radius 1 is 1.58 bits per heavy atom. The Balaban J connectivity index is 2.71. The van der Waals surface area contributed by atoms with Crippen LogP contribution in [0.2, 0.25) is 0 Å². The fourth-order valence-corrected chi connectivity index (χ4v) is 1.14. The van der Waals surface area contributed by atoms with Crippen LogP contribution in [-0.2, 0) is 4.79 Å². The van der Waals surface area contributed by atoms with Crippen molar-refractivity contribution in [3.8, 4) is 0 Å². The first-order valence-corrected chi connectivity index (χ1v) is 4.72. The zero-order valence-electron chi connectivity index (χ0n) is 7.00. The number of anilines is 1. The van der Waals surface area contributed by atoms with E-state index in [0.29, 0.717) is 0 Å². The minimum atomic E-state index is -0.0753. The molecule has 0 aromatic carbocycles. The Labute approximate surface area is 75.6 Å². The van der Waals surface area contributed by atoms with Gasteiger partial charge in [0, 0.05) is 6.92 Å². The minimum Gasteiger partial charge on any atom is -0.325 e. The first-order chi connectivity index (χ1) is 5.72. The van der Waals surface area contributed by atoms with Crippen LogP contribution in [-0.4, -0.2) is 17.1 Å². The van der Waals surface area contributed by atoms with Crippen molar-refractivity contribution in [2.24, 2.45) is 0 Å². The molecule has 0 aliphatic heterocycles. The minimum absolute atomic E-state index is 0.0753. The highest BCUT2D eigenvalue weighted by Crippen LogP contribution is 2.13. The van der Waals surface area contributed by atoms with Crippen molar-refractivity contribution in [1.82, 2.24) is 4.98 Å². The van der Waals surface area contributed by atoms with Gasteiger partial charge in [0.05, 0.1) is 16.9 Å². The van der Waals surface area contributed by atoms with Gasteiger partial charge < -0.3 is 5.32 Å². The van der Waals surface area contributed by atoms with Crippen LogP contribution < -0.4 is 5.32 Å². The number of carbonyl (C=O) groups excluding carboxylic acids is 1. The Kier molecular flexibility index (Phi) is 3.10. The van der Waals surface area contributed by atoms with Crippen LogP contribution >= 0.6 is 11.8 Å². The van der Waals surface area contributed by atoms with E-state index < -0.39 is 0 Å². The van der Waals surface area contributed by atoms with Gasteiger partial charge in [0.15, 0.2) is 0 Å². The standard InChI is InChI=1S/C8H10N2OS/c1-6(11)10-7-3-4-8(12-2)9-5-7/h3-5H,1-2H3,(H,10,11). The third-order valence-corrected chi connectivity index (χ3v) is 1.93. The molecule has 1 heterocycles. The van der Waals surface area contributed by atoms with Gasteiger partial charge in [0.25, 0.3) is 0 Å². The highest BCUT2D eigenvalue weighted by Gasteiger charge is 1.95. The van der Waals surface area contributed by atoms with Crippen LogP contribution in [0.4, 0.5) is 5.69 Å². The Hall–Kier alpha value is -1.03. The lowest BCUT2D eigenvalue weighted by atomic mass is 10.4. The van der Waals surface area contributed by atoms with Crippen molar-refractivity contribution in [2.75, 3.05) is 11.6 Å². The van der Waals surface area contributed by atoms with Crippen LogP contribution in [0.15, 0.2) is 23.4 Å². The lowest BCUT2D eigenvalue weighted by molar-refractivity contribution is -0.114. The first-order valence-electron chi connectivity index (χ1n) is 3.50. The van der Waals surface area contributed by atoms with Crippen molar-refractivity contribution in [3.63, 3.8) is 0 Å². The van der Waals surface area contributed by atoms with Crippen LogP contribution in [0.5, 0.6) is 0 Å². The predicted octanol–water partition coefficient (Wildman–Crippen LogP) is 1.76. The third kappa shape index (κ3) is 2.54. The number of nitrogens with zero attached hydrogens (tertiary/aromatic N) is 1. The predicted molar refractivity (Wildman–Crippen MR) is 50.3 cm³/mol. The molecule has 12 heavy (non-hydrogen) atoms. The van der Waals surface area contributed by atoms with E-state index in [0.717, 1.165) is 10.7 Å². The molecule has 0 aliphatic carbocycles. The third-order valence-electron chi connectivity index (χ3n) is 1.27. The molecule has 1 aromatic heterocycles. The Bertz CT molecular complexity index is 271. The Morgan fingerprint density at radius 3 is 2.75 bits per heavy atom. The summed E-state index contributed by atoms with van der Waals surface area (Å²) >= 11 is 1.57. The summed E-state index contributed by atoms with van der Waals surface area (Å²) < 4.78 is 0. The second-order valence-corrected chi connectivity index (χ2v) is 3.10. The highest BCUT2D eigenvalue weighted by atomic mass is 32.2. The molecule has 1 N–H and O–H groups in total. The normalized spacial score (nSPS) is 9.50. The van der Waals surface area contributed by atoms with Crippen molar-refractivity contribution >= 4 is 23.4 Å². The molecule has 0 saturated heterocycles. The number of pyridine rings is 1. The smallest absolute Gasteiger partial charge is 0.221 e. The molecule has 1 amide bonds. The van der Waals surface area contributed by atoms with Crippen LogP contribution in [0, 0.1) is 0 Å². The molecule has 4 heteroatoms. The number of hydrogen-bond acceptors (Lipinski definition) is 3. The summed E-state index contributed by atoms with van der Waals surface area (Å²) in [4.78, 5) is 14.7. The first kappa shape index (κ1) is 9.06. The molecule has 0 fully saturated rings. The molecule has 0 unspecified atom stereocenters. The van der Waals surface area contributed by atoms with Gasteiger partial charge in [-0.1, -0.05) is 0 Å². The summed E-state index contributed by atoms with van der Waals surface area (Å²) in [6.07, 6.45) is 3.60. The monoisotopic (exact) mass is 182 g/mol. The average Bonchev–Trinajstić information content (AvgIpc) is 2.05. The van der Waals surface area contributed by atoms with Gasteiger partial charge in [-0.05, 0) is 18.4 Å². The lowest BCUT2D eigenvalue weighted by Gasteiger charge is -2.00. The van der Waals surface area contributed by atoms with Gasteiger partial charge in [0.1, 0.15) is 0 Å². The van der Waals surface area contributed by atoms with Gasteiger partial charge in [0.2, 0.25) is 5.91 Å². The number of aromatic nitrogens is 1. The quantitative estimate of drug-likeness (QED) is 0.709. The van der Waals surface area contributed by atoms with E-state index in [1.165, 1.54) is 6.92 Å². The average molecular weight is 182 g/mol. The molecule has 64 valence electrons. The van der Waals surface area contributed by atoms with Gasteiger partial charge >= 0.3 is 0 Å². The summed E-state index contributed by atoms with van der Waals surface area (Å²) in [6, 6.07) is 3.70. The number of hydrogen-bond donors (Lipinski definition) is 1. The maximum absolute atomic E-state index is 10.6. The second-order valence-electron chi connectivity index (χ2n) is 2.27. The molecule has 1 rings (SSSR count). The highest BCUT2D eigenvalue weighted by molar-refractivity contribution is 7.98. The van der Waals surface area contributed by atoms with Gasteiger partial charge in [-0.3, -0.25) is 4.79 Å². The van der Waals surface area contributed by atoms with Gasteiger partial charge in [-0.2, -0.15) is 0 Å². The molecule has 3 nitrogen and oxygen atoms in total. The van der Waals surface area contributed by atoms with Crippen molar-refractivity contribution in [3.05, 3.63) is 18.3 Å². The lowest BCUT2D eigenvalue weighted by Crippen LogP contribution is -2.05. The zero-order valence-corrected chi connectivity index (χ0v) is 7.81.